The highest BCUT2D eigenvalue weighted by Crippen LogP contribution is 2.37. The number of carbonyl (C=O) groups excluding carboxylic acids is 2. The highest BCUT2D eigenvalue weighted by atomic mass is 16.2. The summed E-state index contributed by atoms with van der Waals surface area (Å²) in [5.41, 5.74) is 3.64. The fourth-order valence-corrected chi connectivity index (χ4v) is 2.99. The van der Waals surface area contributed by atoms with Gasteiger partial charge in [-0.05, 0) is 54.7 Å². The van der Waals surface area contributed by atoms with E-state index in [1.807, 2.05) is 44.2 Å². The number of nitrogens with one attached hydrogen (secondary N) is 2. The van der Waals surface area contributed by atoms with E-state index in [1.165, 1.54) is 5.56 Å². The first kappa shape index (κ1) is 17.2. The maximum absolute atomic E-state index is 12.5. The van der Waals surface area contributed by atoms with Gasteiger partial charge in [0.05, 0.1) is 5.41 Å². The third kappa shape index (κ3) is 3.16. The van der Waals surface area contributed by atoms with Gasteiger partial charge in [-0.3, -0.25) is 9.59 Å². The van der Waals surface area contributed by atoms with E-state index < -0.39 is 5.41 Å². The molecule has 0 atom stereocenters. The molecule has 4 nitrogen and oxygen atoms in total. The molecule has 0 saturated heterocycles. The Morgan fingerprint density at radius 3 is 2.28 bits per heavy atom. The molecule has 0 radical (unpaired) electrons. The standard InChI is InChI=1S/C21H24N2O2/c1-20(2,3)14-7-9-15(10-8-14)22-18(24)13-6-11-16-17(12-13)23-19(25)21(16,4)5/h6-12H,1-5H3,(H,22,24)(H,23,25). The number of rotatable bonds is 2. The SMILES string of the molecule is CC(C)(C)c1ccc(NC(=O)c2ccc3c(c2)NC(=O)C3(C)C)cc1. The molecule has 0 bridgehead atoms. The smallest absolute Gasteiger partial charge is 0.255 e. The first-order valence-electron chi connectivity index (χ1n) is 8.47. The number of hydrogen-bond acceptors (Lipinski definition) is 2. The molecular formula is C21H24N2O2. The number of amides is 2. The summed E-state index contributed by atoms with van der Waals surface area (Å²) >= 11 is 0. The van der Waals surface area contributed by atoms with Crippen molar-refractivity contribution in [2.75, 3.05) is 10.6 Å². The van der Waals surface area contributed by atoms with Crippen molar-refractivity contribution in [3.63, 3.8) is 0 Å². The predicted octanol–water partition coefficient (Wildman–Crippen LogP) is 4.47. The summed E-state index contributed by atoms with van der Waals surface area (Å²) < 4.78 is 0. The first-order valence-corrected chi connectivity index (χ1v) is 8.47. The van der Waals surface area contributed by atoms with Crippen molar-refractivity contribution in [3.8, 4) is 0 Å². The van der Waals surface area contributed by atoms with Crippen molar-refractivity contribution in [1.82, 2.24) is 0 Å². The van der Waals surface area contributed by atoms with Crippen LogP contribution < -0.4 is 10.6 Å². The Kier molecular flexibility index (Phi) is 3.94. The van der Waals surface area contributed by atoms with Crippen molar-refractivity contribution in [2.24, 2.45) is 0 Å². The van der Waals surface area contributed by atoms with E-state index in [0.717, 1.165) is 11.3 Å². The average Bonchev–Trinajstić information content (AvgIpc) is 2.76. The van der Waals surface area contributed by atoms with Crippen LogP contribution in [-0.4, -0.2) is 11.8 Å². The lowest BCUT2D eigenvalue weighted by molar-refractivity contribution is -0.119. The van der Waals surface area contributed by atoms with E-state index in [0.29, 0.717) is 11.3 Å². The molecule has 25 heavy (non-hydrogen) atoms. The second-order valence-electron chi connectivity index (χ2n) is 8.12. The molecule has 130 valence electrons. The van der Waals surface area contributed by atoms with Gasteiger partial charge in [0.1, 0.15) is 0 Å². The largest absolute Gasteiger partial charge is 0.325 e. The van der Waals surface area contributed by atoms with E-state index in [2.05, 4.69) is 31.4 Å². The van der Waals surface area contributed by atoms with Crippen LogP contribution >= 0.6 is 0 Å². The maximum atomic E-state index is 12.5. The summed E-state index contributed by atoms with van der Waals surface area (Å²) in [6, 6.07) is 13.2. The Morgan fingerprint density at radius 2 is 1.68 bits per heavy atom. The Hall–Kier alpha value is -2.62. The third-order valence-electron chi connectivity index (χ3n) is 4.78. The molecule has 0 spiro atoms. The quantitative estimate of drug-likeness (QED) is 0.850. The summed E-state index contributed by atoms with van der Waals surface area (Å²) in [6.45, 7) is 10.2. The van der Waals surface area contributed by atoms with Crippen LogP contribution in [0.4, 0.5) is 11.4 Å². The zero-order valence-electron chi connectivity index (χ0n) is 15.4. The predicted molar refractivity (Wildman–Crippen MR) is 101 cm³/mol. The van der Waals surface area contributed by atoms with E-state index in [9.17, 15) is 9.59 Å². The van der Waals surface area contributed by atoms with Crippen LogP contribution in [-0.2, 0) is 15.6 Å². The Labute approximate surface area is 148 Å². The molecule has 0 aromatic heterocycles. The molecule has 0 aliphatic carbocycles. The molecule has 3 rings (SSSR count). The molecule has 2 N–H and O–H groups in total. The highest BCUT2D eigenvalue weighted by Gasteiger charge is 2.38. The van der Waals surface area contributed by atoms with Crippen molar-refractivity contribution in [3.05, 3.63) is 59.2 Å². The fourth-order valence-electron chi connectivity index (χ4n) is 2.99. The van der Waals surface area contributed by atoms with Crippen molar-refractivity contribution in [1.29, 1.82) is 0 Å². The minimum absolute atomic E-state index is 0.0437. The zero-order valence-corrected chi connectivity index (χ0v) is 15.4. The molecule has 0 fully saturated rings. The number of carbonyl (C=O) groups is 2. The second-order valence-corrected chi connectivity index (χ2v) is 8.12. The molecule has 2 aromatic carbocycles. The van der Waals surface area contributed by atoms with Crippen LogP contribution in [0.15, 0.2) is 42.5 Å². The van der Waals surface area contributed by atoms with Gasteiger partial charge in [-0.2, -0.15) is 0 Å². The van der Waals surface area contributed by atoms with Crippen LogP contribution in [0.25, 0.3) is 0 Å². The topological polar surface area (TPSA) is 58.2 Å². The summed E-state index contributed by atoms with van der Waals surface area (Å²) in [4.78, 5) is 24.5. The summed E-state index contributed by atoms with van der Waals surface area (Å²) in [7, 11) is 0. The van der Waals surface area contributed by atoms with Crippen molar-refractivity contribution < 1.29 is 9.59 Å². The molecule has 1 heterocycles. The lowest BCUT2D eigenvalue weighted by Crippen LogP contribution is -2.26. The van der Waals surface area contributed by atoms with E-state index >= 15 is 0 Å². The zero-order chi connectivity index (χ0) is 18.4. The van der Waals surface area contributed by atoms with E-state index in [1.54, 1.807) is 12.1 Å². The fraction of sp³-hybridized carbons (Fsp3) is 0.333. The summed E-state index contributed by atoms with van der Waals surface area (Å²) in [6.07, 6.45) is 0. The van der Waals surface area contributed by atoms with Crippen LogP contribution in [0.1, 0.15) is 56.1 Å². The number of hydrogen-bond donors (Lipinski definition) is 2. The normalized spacial score (nSPS) is 15.5. The molecule has 1 aliphatic heterocycles. The van der Waals surface area contributed by atoms with E-state index in [4.69, 9.17) is 0 Å². The molecule has 2 aromatic rings. The van der Waals surface area contributed by atoms with Crippen LogP contribution in [0.5, 0.6) is 0 Å². The minimum atomic E-state index is -0.562. The molecule has 0 unspecified atom stereocenters. The number of benzene rings is 2. The summed E-state index contributed by atoms with van der Waals surface area (Å²) in [5.74, 6) is -0.233. The monoisotopic (exact) mass is 336 g/mol. The second kappa shape index (κ2) is 5.73. The maximum Gasteiger partial charge on any atom is 0.255 e. The first-order chi connectivity index (χ1) is 11.6. The van der Waals surface area contributed by atoms with Crippen molar-refractivity contribution in [2.45, 2.75) is 45.4 Å². The van der Waals surface area contributed by atoms with Crippen LogP contribution in [0.2, 0.25) is 0 Å². The van der Waals surface area contributed by atoms with Gasteiger partial charge in [-0.15, -0.1) is 0 Å². The van der Waals surface area contributed by atoms with Gasteiger partial charge < -0.3 is 10.6 Å². The van der Waals surface area contributed by atoms with Gasteiger partial charge in [0.2, 0.25) is 5.91 Å². The Morgan fingerprint density at radius 1 is 1.04 bits per heavy atom. The molecule has 1 aliphatic rings. The van der Waals surface area contributed by atoms with Gasteiger partial charge in [-0.1, -0.05) is 39.0 Å². The van der Waals surface area contributed by atoms with Crippen LogP contribution in [0, 0.1) is 0 Å². The third-order valence-corrected chi connectivity index (χ3v) is 4.78. The van der Waals surface area contributed by atoms with E-state index in [-0.39, 0.29) is 17.2 Å². The number of fused-ring (bicyclic) bond motifs is 1. The molecule has 2 amide bonds. The molecular weight excluding hydrogens is 312 g/mol. The lowest BCUT2D eigenvalue weighted by Gasteiger charge is -2.19. The molecule has 0 saturated carbocycles. The Balaban J connectivity index is 1.79. The van der Waals surface area contributed by atoms with Gasteiger partial charge in [0, 0.05) is 16.9 Å². The van der Waals surface area contributed by atoms with Gasteiger partial charge >= 0.3 is 0 Å². The lowest BCUT2D eigenvalue weighted by atomic mass is 9.86. The molecule has 4 heteroatoms. The average molecular weight is 336 g/mol. The van der Waals surface area contributed by atoms with Gasteiger partial charge in [0.25, 0.3) is 5.91 Å². The van der Waals surface area contributed by atoms with Crippen LogP contribution in [0.3, 0.4) is 0 Å². The highest BCUT2D eigenvalue weighted by molar-refractivity contribution is 6.09. The minimum Gasteiger partial charge on any atom is -0.325 e. The van der Waals surface area contributed by atoms with Gasteiger partial charge in [-0.25, -0.2) is 0 Å². The Bertz CT molecular complexity index is 843. The number of anilines is 2. The van der Waals surface area contributed by atoms with Gasteiger partial charge in [0.15, 0.2) is 0 Å². The summed E-state index contributed by atoms with van der Waals surface area (Å²) in [5, 5.41) is 5.76. The van der Waals surface area contributed by atoms with Crippen molar-refractivity contribution >= 4 is 23.2 Å².